The maximum atomic E-state index is 12.1. The van der Waals surface area contributed by atoms with Crippen LogP contribution in [-0.4, -0.2) is 23.8 Å². The van der Waals surface area contributed by atoms with Gasteiger partial charge in [0.1, 0.15) is 0 Å². The highest BCUT2D eigenvalue weighted by Gasteiger charge is 2.46. The molecule has 3 atom stereocenters. The number of hydrogen-bond donors (Lipinski definition) is 2. The summed E-state index contributed by atoms with van der Waals surface area (Å²) in [5.74, 6) is -1.52. The third-order valence-electron chi connectivity index (χ3n) is 3.97. The Morgan fingerprint density at radius 2 is 1.95 bits per heavy atom. The fraction of sp³-hybridized carbons (Fsp3) is 0.312. The SMILES string of the molecule is O=C(Cc1ccccc1)N[C@H]1C=CC[C@H]2C(=O)NC(=O)[C@@H]12. The number of hydrogen-bond acceptors (Lipinski definition) is 3. The molecule has 0 aromatic heterocycles. The number of fused-ring (bicyclic) bond motifs is 1. The zero-order valence-corrected chi connectivity index (χ0v) is 11.4. The maximum absolute atomic E-state index is 12.1. The Morgan fingerprint density at radius 3 is 2.71 bits per heavy atom. The number of nitrogens with one attached hydrogen (secondary N) is 2. The summed E-state index contributed by atoms with van der Waals surface area (Å²) in [5.41, 5.74) is 0.915. The molecule has 1 saturated heterocycles. The molecule has 1 fully saturated rings. The van der Waals surface area contributed by atoms with Gasteiger partial charge in [0.2, 0.25) is 17.7 Å². The van der Waals surface area contributed by atoms with Gasteiger partial charge in [-0.25, -0.2) is 0 Å². The van der Waals surface area contributed by atoms with Crippen molar-refractivity contribution in [2.24, 2.45) is 11.8 Å². The lowest BCUT2D eigenvalue weighted by Gasteiger charge is -2.26. The Balaban J connectivity index is 1.68. The van der Waals surface area contributed by atoms with E-state index in [4.69, 9.17) is 0 Å². The molecular formula is C16H16N2O3. The molecule has 0 saturated carbocycles. The Morgan fingerprint density at radius 1 is 1.19 bits per heavy atom. The molecule has 0 bridgehead atoms. The number of amides is 3. The molecule has 0 unspecified atom stereocenters. The average Bonchev–Trinajstić information content (AvgIpc) is 2.76. The van der Waals surface area contributed by atoms with Crippen molar-refractivity contribution in [3.63, 3.8) is 0 Å². The van der Waals surface area contributed by atoms with Crippen LogP contribution in [-0.2, 0) is 20.8 Å². The number of allylic oxidation sites excluding steroid dienone is 1. The minimum atomic E-state index is -0.484. The highest BCUT2D eigenvalue weighted by Crippen LogP contribution is 2.30. The fourth-order valence-corrected chi connectivity index (χ4v) is 2.96. The van der Waals surface area contributed by atoms with Crippen LogP contribution in [0.4, 0.5) is 0 Å². The largest absolute Gasteiger partial charge is 0.349 e. The topological polar surface area (TPSA) is 75.3 Å². The van der Waals surface area contributed by atoms with Gasteiger partial charge in [-0.2, -0.15) is 0 Å². The molecule has 2 aliphatic rings. The standard InChI is InChI=1S/C16H16N2O3/c19-13(9-10-5-2-1-3-6-10)17-12-8-4-7-11-14(12)16(21)18-15(11)20/h1-6,8,11-12,14H,7,9H2,(H,17,19)(H,18,20,21)/t11-,12+,14-/m1/s1. The van der Waals surface area contributed by atoms with Crippen LogP contribution in [0.25, 0.3) is 0 Å². The second kappa shape index (κ2) is 5.52. The Bertz CT molecular complexity index is 609. The summed E-state index contributed by atoms with van der Waals surface area (Å²) >= 11 is 0. The number of benzene rings is 1. The maximum Gasteiger partial charge on any atom is 0.232 e. The predicted octanol–water partition coefficient (Wildman–Crippen LogP) is 0.563. The first-order valence-corrected chi connectivity index (χ1v) is 7.00. The molecule has 1 aliphatic heterocycles. The molecule has 3 rings (SSSR count). The van der Waals surface area contributed by atoms with Crippen LogP contribution >= 0.6 is 0 Å². The predicted molar refractivity (Wildman–Crippen MR) is 76.0 cm³/mol. The Hall–Kier alpha value is -2.43. The number of rotatable bonds is 3. The summed E-state index contributed by atoms with van der Waals surface area (Å²) < 4.78 is 0. The molecule has 5 heteroatoms. The van der Waals surface area contributed by atoms with E-state index in [1.54, 1.807) is 0 Å². The monoisotopic (exact) mass is 284 g/mol. The quantitative estimate of drug-likeness (QED) is 0.629. The van der Waals surface area contributed by atoms with Gasteiger partial charge in [0.15, 0.2) is 0 Å². The summed E-state index contributed by atoms with van der Waals surface area (Å²) in [6.07, 6.45) is 4.47. The molecule has 5 nitrogen and oxygen atoms in total. The van der Waals surface area contributed by atoms with Gasteiger partial charge in [0.05, 0.1) is 24.3 Å². The van der Waals surface area contributed by atoms with E-state index < -0.39 is 12.0 Å². The van der Waals surface area contributed by atoms with Crippen molar-refractivity contribution < 1.29 is 14.4 Å². The lowest BCUT2D eigenvalue weighted by Crippen LogP contribution is -2.45. The van der Waals surface area contributed by atoms with E-state index in [1.165, 1.54) is 0 Å². The van der Waals surface area contributed by atoms with Crippen molar-refractivity contribution in [2.45, 2.75) is 18.9 Å². The number of carbonyl (C=O) groups excluding carboxylic acids is 3. The van der Waals surface area contributed by atoms with Crippen LogP contribution in [0.1, 0.15) is 12.0 Å². The summed E-state index contributed by atoms with van der Waals surface area (Å²) in [4.78, 5) is 35.6. The van der Waals surface area contributed by atoms with E-state index in [1.807, 2.05) is 42.5 Å². The molecule has 21 heavy (non-hydrogen) atoms. The molecule has 1 heterocycles. The minimum absolute atomic E-state index is 0.149. The highest BCUT2D eigenvalue weighted by atomic mass is 16.2. The van der Waals surface area contributed by atoms with Crippen molar-refractivity contribution >= 4 is 17.7 Å². The molecular weight excluding hydrogens is 268 g/mol. The Labute approximate surface area is 122 Å². The first kappa shape index (κ1) is 13.5. The second-order valence-electron chi connectivity index (χ2n) is 5.41. The molecule has 1 aromatic rings. The van der Waals surface area contributed by atoms with Crippen molar-refractivity contribution in [1.29, 1.82) is 0 Å². The molecule has 1 aliphatic carbocycles. The molecule has 0 spiro atoms. The summed E-state index contributed by atoms with van der Waals surface area (Å²) in [6.45, 7) is 0. The summed E-state index contributed by atoms with van der Waals surface area (Å²) in [6, 6.07) is 9.00. The van der Waals surface area contributed by atoms with Crippen LogP contribution in [0.3, 0.4) is 0 Å². The summed E-state index contributed by atoms with van der Waals surface area (Å²) in [7, 11) is 0. The van der Waals surface area contributed by atoms with Gasteiger partial charge < -0.3 is 5.32 Å². The van der Waals surface area contributed by atoms with Crippen molar-refractivity contribution in [3.8, 4) is 0 Å². The van der Waals surface area contributed by atoms with Crippen molar-refractivity contribution in [3.05, 3.63) is 48.0 Å². The third-order valence-corrected chi connectivity index (χ3v) is 3.97. The van der Waals surface area contributed by atoms with Gasteiger partial charge in [-0.1, -0.05) is 42.5 Å². The molecule has 2 N–H and O–H groups in total. The van der Waals surface area contributed by atoms with Gasteiger partial charge in [-0.3, -0.25) is 19.7 Å². The van der Waals surface area contributed by atoms with E-state index in [0.717, 1.165) is 5.56 Å². The van der Waals surface area contributed by atoms with Crippen LogP contribution in [0, 0.1) is 11.8 Å². The van der Waals surface area contributed by atoms with Crippen molar-refractivity contribution in [1.82, 2.24) is 10.6 Å². The fourth-order valence-electron chi connectivity index (χ4n) is 2.96. The van der Waals surface area contributed by atoms with Crippen LogP contribution in [0.5, 0.6) is 0 Å². The van der Waals surface area contributed by atoms with Gasteiger partial charge in [-0.05, 0) is 12.0 Å². The van der Waals surface area contributed by atoms with Gasteiger partial charge in [-0.15, -0.1) is 0 Å². The smallest absolute Gasteiger partial charge is 0.232 e. The normalized spacial score (nSPS) is 27.1. The van der Waals surface area contributed by atoms with E-state index in [-0.39, 0.29) is 30.1 Å². The zero-order valence-electron chi connectivity index (χ0n) is 11.4. The molecule has 108 valence electrons. The third kappa shape index (κ3) is 2.72. The van der Waals surface area contributed by atoms with Crippen LogP contribution in [0.2, 0.25) is 0 Å². The van der Waals surface area contributed by atoms with Gasteiger partial charge in [0, 0.05) is 0 Å². The molecule has 3 amide bonds. The highest BCUT2D eigenvalue weighted by molar-refractivity contribution is 6.06. The van der Waals surface area contributed by atoms with Crippen LogP contribution < -0.4 is 10.6 Å². The Kier molecular flexibility index (Phi) is 3.56. The molecule has 1 aromatic carbocycles. The summed E-state index contributed by atoms with van der Waals surface area (Å²) in [5, 5.41) is 5.19. The second-order valence-corrected chi connectivity index (χ2v) is 5.41. The lowest BCUT2D eigenvalue weighted by molar-refractivity contribution is -0.126. The number of imide groups is 1. The van der Waals surface area contributed by atoms with Crippen molar-refractivity contribution in [2.75, 3.05) is 0 Å². The number of carbonyl (C=O) groups is 3. The van der Waals surface area contributed by atoms with Gasteiger partial charge in [0.25, 0.3) is 0 Å². The lowest BCUT2D eigenvalue weighted by atomic mass is 9.81. The van der Waals surface area contributed by atoms with Gasteiger partial charge >= 0.3 is 0 Å². The van der Waals surface area contributed by atoms with E-state index in [9.17, 15) is 14.4 Å². The first-order chi connectivity index (χ1) is 10.1. The zero-order chi connectivity index (χ0) is 14.8. The van der Waals surface area contributed by atoms with E-state index in [2.05, 4.69) is 10.6 Å². The minimum Gasteiger partial charge on any atom is -0.349 e. The van der Waals surface area contributed by atoms with E-state index in [0.29, 0.717) is 6.42 Å². The van der Waals surface area contributed by atoms with E-state index >= 15 is 0 Å². The first-order valence-electron chi connectivity index (χ1n) is 7.00. The molecule has 0 radical (unpaired) electrons. The average molecular weight is 284 g/mol. The van der Waals surface area contributed by atoms with Crippen LogP contribution in [0.15, 0.2) is 42.5 Å².